The Labute approximate surface area is 115 Å². The van der Waals surface area contributed by atoms with Gasteiger partial charge in [0.25, 0.3) is 0 Å². The number of carbonyl (C=O) groups excluding carboxylic acids is 1. The minimum Gasteiger partial charge on any atom is -0.481 e. The normalized spacial score (nSPS) is 30.3. The van der Waals surface area contributed by atoms with Crippen molar-refractivity contribution in [3.05, 3.63) is 0 Å². The van der Waals surface area contributed by atoms with Gasteiger partial charge in [-0.2, -0.15) is 0 Å². The highest BCUT2D eigenvalue weighted by atomic mass is 16.4. The minimum atomic E-state index is -0.751. The van der Waals surface area contributed by atoms with E-state index in [0.717, 1.165) is 25.7 Å². The molecule has 0 spiro atoms. The van der Waals surface area contributed by atoms with Crippen molar-refractivity contribution in [1.29, 1.82) is 0 Å². The fourth-order valence-electron chi connectivity index (χ4n) is 3.59. The molecule has 1 unspecified atom stereocenters. The molecule has 4 nitrogen and oxygen atoms in total. The van der Waals surface area contributed by atoms with E-state index in [1.807, 2.05) is 11.8 Å². The SMILES string of the molecule is CCC1(C(=O)O)CCN(C(=O)C2(C)CCCCC2)C1. The van der Waals surface area contributed by atoms with Gasteiger partial charge in [0, 0.05) is 18.5 Å². The molecular weight excluding hydrogens is 242 g/mol. The van der Waals surface area contributed by atoms with Crippen LogP contribution in [-0.4, -0.2) is 35.0 Å². The molecule has 1 N–H and O–H groups in total. The van der Waals surface area contributed by atoms with Crippen LogP contribution >= 0.6 is 0 Å². The molecule has 2 fully saturated rings. The van der Waals surface area contributed by atoms with E-state index in [0.29, 0.717) is 25.9 Å². The summed E-state index contributed by atoms with van der Waals surface area (Å²) in [6.07, 6.45) is 6.56. The first-order valence-electron chi connectivity index (χ1n) is 7.46. The number of amides is 1. The highest BCUT2D eigenvalue weighted by Crippen LogP contribution is 2.41. The van der Waals surface area contributed by atoms with Crippen molar-refractivity contribution in [3.63, 3.8) is 0 Å². The molecule has 0 aromatic rings. The van der Waals surface area contributed by atoms with Gasteiger partial charge in [-0.05, 0) is 25.7 Å². The van der Waals surface area contributed by atoms with Gasteiger partial charge >= 0.3 is 5.97 Å². The lowest BCUT2D eigenvalue weighted by atomic mass is 9.74. The van der Waals surface area contributed by atoms with Crippen LogP contribution in [0.15, 0.2) is 0 Å². The summed E-state index contributed by atoms with van der Waals surface area (Å²) in [6, 6.07) is 0. The summed E-state index contributed by atoms with van der Waals surface area (Å²) in [7, 11) is 0. The van der Waals surface area contributed by atoms with Crippen LogP contribution in [0, 0.1) is 10.8 Å². The van der Waals surface area contributed by atoms with E-state index in [1.165, 1.54) is 6.42 Å². The molecule has 1 atom stereocenters. The number of carboxylic acid groups (broad SMARTS) is 1. The molecule has 1 amide bonds. The lowest BCUT2D eigenvalue weighted by molar-refractivity contribution is -0.149. The zero-order valence-electron chi connectivity index (χ0n) is 12.1. The molecule has 0 aromatic carbocycles. The Balaban J connectivity index is 2.08. The quantitative estimate of drug-likeness (QED) is 0.855. The average Bonchev–Trinajstić information content (AvgIpc) is 2.84. The number of hydrogen-bond acceptors (Lipinski definition) is 2. The highest BCUT2D eigenvalue weighted by Gasteiger charge is 2.48. The van der Waals surface area contributed by atoms with Crippen molar-refractivity contribution >= 4 is 11.9 Å². The van der Waals surface area contributed by atoms with Gasteiger partial charge in [-0.15, -0.1) is 0 Å². The van der Waals surface area contributed by atoms with Crippen LogP contribution < -0.4 is 0 Å². The average molecular weight is 267 g/mol. The van der Waals surface area contributed by atoms with E-state index >= 15 is 0 Å². The smallest absolute Gasteiger partial charge is 0.311 e. The molecule has 2 rings (SSSR count). The highest BCUT2D eigenvalue weighted by molar-refractivity contribution is 5.84. The third-order valence-electron chi connectivity index (χ3n) is 5.24. The van der Waals surface area contributed by atoms with E-state index < -0.39 is 11.4 Å². The third kappa shape index (κ3) is 2.49. The Bertz CT molecular complexity index is 374. The lowest BCUT2D eigenvalue weighted by Crippen LogP contribution is -2.44. The molecule has 1 saturated heterocycles. The van der Waals surface area contributed by atoms with Crippen molar-refractivity contribution in [2.24, 2.45) is 10.8 Å². The Kier molecular flexibility index (Phi) is 3.88. The van der Waals surface area contributed by atoms with Gasteiger partial charge in [-0.25, -0.2) is 0 Å². The van der Waals surface area contributed by atoms with Crippen LogP contribution in [0.5, 0.6) is 0 Å². The Morgan fingerprint density at radius 1 is 1.16 bits per heavy atom. The molecule has 108 valence electrons. The topological polar surface area (TPSA) is 57.6 Å². The number of rotatable bonds is 3. The summed E-state index contributed by atoms with van der Waals surface area (Å²) in [5, 5.41) is 9.40. The first-order chi connectivity index (χ1) is 8.93. The molecule has 0 bridgehead atoms. The van der Waals surface area contributed by atoms with Crippen molar-refractivity contribution in [1.82, 2.24) is 4.90 Å². The maximum Gasteiger partial charge on any atom is 0.311 e. The standard InChI is InChI=1S/C15H25NO3/c1-3-15(13(18)19)9-10-16(11-15)12(17)14(2)7-5-4-6-8-14/h3-11H2,1-2H3,(H,18,19). The fourth-order valence-corrected chi connectivity index (χ4v) is 3.59. The summed E-state index contributed by atoms with van der Waals surface area (Å²) in [5.74, 6) is -0.567. The number of hydrogen-bond donors (Lipinski definition) is 1. The van der Waals surface area contributed by atoms with Gasteiger partial charge in [0.1, 0.15) is 0 Å². The predicted octanol–water partition coefficient (Wildman–Crippen LogP) is 2.67. The fraction of sp³-hybridized carbons (Fsp3) is 0.867. The molecule has 4 heteroatoms. The van der Waals surface area contributed by atoms with Crippen molar-refractivity contribution in [2.75, 3.05) is 13.1 Å². The molecule has 1 aliphatic carbocycles. The van der Waals surface area contributed by atoms with Crippen LogP contribution in [0.3, 0.4) is 0 Å². The van der Waals surface area contributed by atoms with Crippen molar-refractivity contribution in [2.45, 2.75) is 58.8 Å². The summed E-state index contributed by atoms with van der Waals surface area (Å²) in [6.45, 7) is 4.97. The predicted molar refractivity (Wildman–Crippen MR) is 72.7 cm³/mol. The Hall–Kier alpha value is -1.06. The van der Waals surface area contributed by atoms with E-state index in [1.54, 1.807) is 0 Å². The molecule has 1 aliphatic heterocycles. The molecule has 19 heavy (non-hydrogen) atoms. The molecular formula is C15H25NO3. The van der Waals surface area contributed by atoms with Crippen LogP contribution in [0.2, 0.25) is 0 Å². The molecule has 1 saturated carbocycles. The number of carboxylic acids is 1. The number of nitrogens with zero attached hydrogens (tertiary/aromatic N) is 1. The molecule has 0 aromatic heterocycles. The molecule has 0 radical (unpaired) electrons. The molecule has 2 aliphatic rings. The lowest BCUT2D eigenvalue weighted by Gasteiger charge is -2.36. The number of carbonyl (C=O) groups is 2. The van der Waals surface area contributed by atoms with Gasteiger partial charge in [0.05, 0.1) is 5.41 Å². The second kappa shape index (κ2) is 5.14. The van der Waals surface area contributed by atoms with E-state index in [2.05, 4.69) is 6.92 Å². The van der Waals surface area contributed by atoms with Gasteiger partial charge in [-0.3, -0.25) is 9.59 Å². The second-order valence-electron chi connectivity index (χ2n) is 6.54. The summed E-state index contributed by atoms with van der Waals surface area (Å²) < 4.78 is 0. The first-order valence-corrected chi connectivity index (χ1v) is 7.46. The van der Waals surface area contributed by atoms with Gasteiger partial charge in [0.15, 0.2) is 0 Å². The van der Waals surface area contributed by atoms with Gasteiger partial charge in [0.2, 0.25) is 5.91 Å². The van der Waals surface area contributed by atoms with Crippen molar-refractivity contribution < 1.29 is 14.7 Å². The summed E-state index contributed by atoms with van der Waals surface area (Å²) in [5.41, 5.74) is -0.957. The van der Waals surface area contributed by atoms with Crippen LogP contribution in [0.1, 0.15) is 58.8 Å². The second-order valence-corrected chi connectivity index (χ2v) is 6.54. The molecule has 1 heterocycles. The first kappa shape index (κ1) is 14.4. The zero-order chi connectivity index (χ0) is 14.1. The Morgan fingerprint density at radius 3 is 2.26 bits per heavy atom. The number of likely N-dealkylation sites (tertiary alicyclic amines) is 1. The maximum atomic E-state index is 12.7. The Morgan fingerprint density at radius 2 is 1.79 bits per heavy atom. The van der Waals surface area contributed by atoms with Crippen LogP contribution in [0.4, 0.5) is 0 Å². The maximum absolute atomic E-state index is 12.7. The van der Waals surface area contributed by atoms with Crippen molar-refractivity contribution in [3.8, 4) is 0 Å². The van der Waals surface area contributed by atoms with E-state index in [4.69, 9.17) is 0 Å². The largest absolute Gasteiger partial charge is 0.481 e. The monoisotopic (exact) mass is 267 g/mol. The van der Waals surface area contributed by atoms with Gasteiger partial charge in [-0.1, -0.05) is 33.1 Å². The van der Waals surface area contributed by atoms with Crippen LogP contribution in [0.25, 0.3) is 0 Å². The van der Waals surface area contributed by atoms with E-state index in [9.17, 15) is 14.7 Å². The summed E-state index contributed by atoms with van der Waals surface area (Å²) >= 11 is 0. The van der Waals surface area contributed by atoms with E-state index in [-0.39, 0.29) is 11.3 Å². The minimum absolute atomic E-state index is 0.184. The number of aliphatic carboxylic acids is 1. The zero-order valence-corrected chi connectivity index (χ0v) is 12.1. The third-order valence-corrected chi connectivity index (χ3v) is 5.24. The van der Waals surface area contributed by atoms with Crippen LogP contribution in [-0.2, 0) is 9.59 Å². The summed E-state index contributed by atoms with van der Waals surface area (Å²) in [4.78, 5) is 25.9. The van der Waals surface area contributed by atoms with Gasteiger partial charge < -0.3 is 10.0 Å².